The molecule has 0 aliphatic heterocycles. The smallest absolute Gasteiger partial charge is 0.112 e. The lowest BCUT2D eigenvalue weighted by Gasteiger charge is -2.39. The Kier molecular flexibility index (Phi) is 9.14. The van der Waals surface area contributed by atoms with Gasteiger partial charge < -0.3 is 4.57 Å². The Morgan fingerprint density at radius 2 is 1.47 bits per heavy atom. The van der Waals surface area contributed by atoms with Crippen LogP contribution in [-0.2, 0) is 11.8 Å². The molecule has 0 N–H and O–H groups in total. The maximum atomic E-state index is 4.96. The molecule has 1 heterocycles. The molecule has 0 radical (unpaired) electrons. The molecule has 2 aromatic carbocycles. The van der Waals surface area contributed by atoms with E-state index in [1.807, 2.05) is 6.20 Å². The summed E-state index contributed by atoms with van der Waals surface area (Å²) in [4.78, 5) is 4.96. The summed E-state index contributed by atoms with van der Waals surface area (Å²) in [5.41, 5.74) is 2.79. The number of benzene rings is 2. The van der Waals surface area contributed by atoms with Crippen molar-refractivity contribution in [1.29, 1.82) is 0 Å². The van der Waals surface area contributed by atoms with E-state index in [4.69, 9.17) is 4.98 Å². The zero-order valence-electron chi connectivity index (χ0n) is 20.6. The standard InChI is InChI=1S/C30H42N2/c1-5-6-7-8-9-16-21-28(29-31-22-23-32(29)25(2)3)30(4,27-19-14-11-15-20-27)24-26-17-12-10-13-18-26/h10-15,17-20,22-23,25,28H,5-9,16,21,24H2,1-4H3. The van der Waals surface area contributed by atoms with E-state index in [1.165, 1.54) is 61.9 Å². The Morgan fingerprint density at radius 1 is 0.844 bits per heavy atom. The van der Waals surface area contributed by atoms with Crippen molar-refractivity contribution >= 4 is 0 Å². The quantitative estimate of drug-likeness (QED) is 0.248. The number of aromatic nitrogens is 2. The van der Waals surface area contributed by atoms with E-state index in [1.54, 1.807) is 0 Å². The van der Waals surface area contributed by atoms with E-state index in [0.29, 0.717) is 12.0 Å². The third-order valence-electron chi connectivity index (χ3n) is 7.03. The molecule has 0 spiro atoms. The van der Waals surface area contributed by atoms with Gasteiger partial charge in [-0.1, -0.05) is 113 Å². The molecule has 1 aromatic heterocycles. The molecule has 2 unspecified atom stereocenters. The van der Waals surface area contributed by atoms with E-state index < -0.39 is 0 Å². The van der Waals surface area contributed by atoms with Crippen LogP contribution in [0.25, 0.3) is 0 Å². The number of unbranched alkanes of at least 4 members (excludes halogenated alkanes) is 5. The fourth-order valence-electron chi connectivity index (χ4n) is 5.16. The molecular weight excluding hydrogens is 388 g/mol. The molecule has 2 nitrogen and oxygen atoms in total. The van der Waals surface area contributed by atoms with Crippen LogP contribution in [0.5, 0.6) is 0 Å². The van der Waals surface area contributed by atoms with Crippen molar-refractivity contribution in [3.63, 3.8) is 0 Å². The first kappa shape index (κ1) is 24.3. The normalized spacial score (nSPS) is 14.4. The van der Waals surface area contributed by atoms with E-state index in [-0.39, 0.29) is 5.41 Å². The molecule has 0 fully saturated rings. The van der Waals surface area contributed by atoms with Crippen molar-refractivity contribution in [2.75, 3.05) is 0 Å². The highest BCUT2D eigenvalue weighted by molar-refractivity contribution is 5.33. The lowest BCUT2D eigenvalue weighted by atomic mass is 9.66. The summed E-state index contributed by atoms with van der Waals surface area (Å²) in [6.07, 6.45) is 14.3. The molecule has 3 aromatic rings. The molecular formula is C30H42N2. The predicted octanol–water partition coefficient (Wildman–Crippen LogP) is 8.50. The number of rotatable bonds is 13. The molecule has 2 atom stereocenters. The van der Waals surface area contributed by atoms with Crippen LogP contribution < -0.4 is 0 Å². The topological polar surface area (TPSA) is 17.8 Å². The molecule has 0 aliphatic rings. The molecule has 0 bridgehead atoms. The average molecular weight is 431 g/mol. The van der Waals surface area contributed by atoms with Crippen molar-refractivity contribution in [1.82, 2.24) is 9.55 Å². The van der Waals surface area contributed by atoms with Gasteiger partial charge >= 0.3 is 0 Å². The summed E-state index contributed by atoms with van der Waals surface area (Å²) in [7, 11) is 0. The lowest BCUT2D eigenvalue weighted by Crippen LogP contribution is -2.35. The van der Waals surface area contributed by atoms with E-state index in [0.717, 1.165) is 6.42 Å². The van der Waals surface area contributed by atoms with Crippen LogP contribution in [0.4, 0.5) is 0 Å². The molecule has 0 aliphatic carbocycles. The second-order valence-electron chi connectivity index (χ2n) is 9.84. The van der Waals surface area contributed by atoms with Gasteiger partial charge in [0, 0.05) is 29.8 Å². The number of nitrogens with zero attached hydrogens (tertiary/aromatic N) is 2. The van der Waals surface area contributed by atoms with Gasteiger partial charge in [0.1, 0.15) is 5.82 Å². The van der Waals surface area contributed by atoms with Gasteiger partial charge in [0.25, 0.3) is 0 Å². The van der Waals surface area contributed by atoms with E-state index >= 15 is 0 Å². The molecule has 32 heavy (non-hydrogen) atoms. The minimum absolute atomic E-state index is 0.0238. The third kappa shape index (κ3) is 6.12. The molecule has 0 saturated heterocycles. The fraction of sp³-hybridized carbons (Fsp3) is 0.500. The third-order valence-corrected chi connectivity index (χ3v) is 7.03. The second-order valence-corrected chi connectivity index (χ2v) is 9.84. The monoisotopic (exact) mass is 430 g/mol. The van der Waals surface area contributed by atoms with Crippen LogP contribution in [0.3, 0.4) is 0 Å². The zero-order chi connectivity index (χ0) is 22.8. The molecule has 172 valence electrons. The van der Waals surface area contributed by atoms with Crippen LogP contribution in [0.15, 0.2) is 73.1 Å². The van der Waals surface area contributed by atoms with Gasteiger partial charge in [0.2, 0.25) is 0 Å². The van der Waals surface area contributed by atoms with Crippen molar-refractivity contribution in [2.24, 2.45) is 0 Å². The highest BCUT2D eigenvalue weighted by Gasteiger charge is 2.39. The second kappa shape index (κ2) is 12.0. The van der Waals surface area contributed by atoms with Crippen molar-refractivity contribution in [3.05, 3.63) is 90.0 Å². The van der Waals surface area contributed by atoms with Gasteiger partial charge in [-0.2, -0.15) is 0 Å². The summed E-state index contributed by atoms with van der Waals surface area (Å²) < 4.78 is 2.40. The van der Waals surface area contributed by atoms with Gasteiger partial charge in [0.15, 0.2) is 0 Å². The summed E-state index contributed by atoms with van der Waals surface area (Å²) >= 11 is 0. The van der Waals surface area contributed by atoms with Crippen LogP contribution in [0.1, 0.15) is 102 Å². The Hall–Kier alpha value is -2.35. The largest absolute Gasteiger partial charge is 0.332 e. The van der Waals surface area contributed by atoms with Gasteiger partial charge in [-0.25, -0.2) is 4.98 Å². The van der Waals surface area contributed by atoms with Crippen molar-refractivity contribution in [3.8, 4) is 0 Å². The van der Waals surface area contributed by atoms with Crippen molar-refractivity contribution < 1.29 is 0 Å². The fourth-order valence-corrected chi connectivity index (χ4v) is 5.16. The predicted molar refractivity (Wildman–Crippen MR) is 137 cm³/mol. The van der Waals surface area contributed by atoms with Gasteiger partial charge in [0.05, 0.1) is 0 Å². The van der Waals surface area contributed by atoms with Gasteiger partial charge in [-0.05, 0) is 37.8 Å². The van der Waals surface area contributed by atoms with Crippen molar-refractivity contribution in [2.45, 2.75) is 96.4 Å². The Bertz CT molecular complexity index is 897. The molecule has 0 saturated carbocycles. The Balaban J connectivity index is 1.97. The molecule has 3 rings (SSSR count). The van der Waals surface area contributed by atoms with Gasteiger partial charge in [-0.3, -0.25) is 0 Å². The number of imidazole rings is 1. The Labute approximate surface area is 196 Å². The Morgan fingerprint density at radius 3 is 2.12 bits per heavy atom. The number of hydrogen-bond acceptors (Lipinski definition) is 1. The van der Waals surface area contributed by atoms with Crippen LogP contribution in [-0.4, -0.2) is 9.55 Å². The summed E-state index contributed by atoms with van der Waals surface area (Å²) in [5.74, 6) is 1.62. The average Bonchev–Trinajstić information content (AvgIpc) is 3.29. The van der Waals surface area contributed by atoms with E-state index in [2.05, 4.69) is 99.1 Å². The highest BCUT2D eigenvalue weighted by atomic mass is 15.1. The highest BCUT2D eigenvalue weighted by Crippen LogP contribution is 2.44. The maximum Gasteiger partial charge on any atom is 0.112 e. The SMILES string of the molecule is CCCCCCCCC(c1nccn1C(C)C)C(C)(Cc1ccccc1)c1ccccc1. The summed E-state index contributed by atoms with van der Waals surface area (Å²) in [6, 6.07) is 22.6. The van der Waals surface area contributed by atoms with Gasteiger partial charge in [-0.15, -0.1) is 0 Å². The molecule has 0 amide bonds. The van der Waals surface area contributed by atoms with Crippen LogP contribution >= 0.6 is 0 Å². The minimum Gasteiger partial charge on any atom is -0.332 e. The lowest BCUT2D eigenvalue weighted by molar-refractivity contribution is 0.318. The summed E-state index contributed by atoms with van der Waals surface area (Å²) in [6.45, 7) is 9.29. The maximum absolute atomic E-state index is 4.96. The first-order valence-electron chi connectivity index (χ1n) is 12.7. The van der Waals surface area contributed by atoms with E-state index in [9.17, 15) is 0 Å². The van der Waals surface area contributed by atoms with Crippen LogP contribution in [0, 0.1) is 0 Å². The minimum atomic E-state index is -0.0238. The number of hydrogen-bond donors (Lipinski definition) is 0. The molecule has 2 heteroatoms. The van der Waals surface area contributed by atoms with Crippen LogP contribution in [0.2, 0.25) is 0 Å². The summed E-state index contributed by atoms with van der Waals surface area (Å²) in [5, 5.41) is 0. The zero-order valence-corrected chi connectivity index (χ0v) is 20.6. The first-order valence-corrected chi connectivity index (χ1v) is 12.7. The first-order chi connectivity index (χ1) is 15.6.